The van der Waals surface area contributed by atoms with Gasteiger partial charge in [0.05, 0.1) is 6.54 Å². The van der Waals surface area contributed by atoms with E-state index >= 15 is 0 Å². The van der Waals surface area contributed by atoms with Crippen LogP contribution in [0.1, 0.15) is 44.0 Å². The van der Waals surface area contributed by atoms with Crippen LogP contribution in [0, 0.1) is 17.7 Å². The van der Waals surface area contributed by atoms with Gasteiger partial charge in [-0.05, 0) is 62.1 Å². The number of fused-ring (bicyclic) bond motifs is 4. The number of hydrogen-bond donors (Lipinski definition) is 0. The molecule has 1 aromatic carbocycles. The van der Waals surface area contributed by atoms with E-state index in [4.69, 9.17) is 0 Å². The Morgan fingerprint density at radius 1 is 1.23 bits per heavy atom. The third-order valence-electron chi connectivity index (χ3n) is 7.41. The lowest BCUT2D eigenvalue weighted by molar-refractivity contribution is -0.152. The quantitative estimate of drug-likeness (QED) is 0.758. The van der Waals surface area contributed by atoms with Gasteiger partial charge < -0.3 is 9.47 Å². The molecule has 4 heterocycles. The predicted molar refractivity (Wildman–Crippen MR) is 113 cm³/mol. The molecule has 0 aliphatic carbocycles. The van der Waals surface area contributed by atoms with Crippen molar-refractivity contribution in [2.24, 2.45) is 11.8 Å². The molecule has 30 heavy (non-hydrogen) atoms. The molecule has 1 amide bonds. The summed E-state index contributed by atoms with van der Waals surface area (Å²) in [6, 6.07) is 7.40. The van der Waals surface area contributed by atoms with Gasteiger partial charge in [-0.2, -0.15) is 0 Å². The molecule has 3 fully saturated rings. The van der Waals surface area contributed by atoms with Gasteiger partial charge in [-0.25, -0.2) is 9.37 Å². The topological polar surface area (TPSA) is 41.4 Å². The molecular weight excluding hydrogens is 379 g/mol. The molecule has 160 valence electrons. The molecular formula is C24H31FN4O. The lowest BCUT2D eigenvalue weighted by Gasteiger charge is -2.56. The number of rotatable bonds is 5. The Hall–Kier alpha value is -2.21. The molecule has 0 radical (unpaired) electrons. The standard InChI is InChI=1S/C24H31FN4O/c1-2-28-10-9-26-23(28)16-27-14-18-13-19(15-27)22(12-17-5-3-6-20(25)11-17)29-21(18)7-4-8-24(29)30/h3,5-6,9-11,18-19,21-22H,2,4,7-8,12-16H2,1H3/t18-,19+,21+,22+/m1/s1. The molecule has 0 N–H and O–H groups in total. The van der Waals surface area contributed by atoms with Gasteiger partial charge in [0.25, 0.3) is 0 Å². The lowest BCUT2D eigenvalue weighted by Crippen LogP contribution is -2.65. The fourth-order valence-electron chi connectivity index (χ4n) is 6.15. The highest BCUT2D eigenvalue weighted by molar-refractivity contribution is 5.78. The van der Waals surface area contributed by atoms with Crippen molar-refractivity contribution < 1.29 is 9.18 Å². The summed E-state index contributed by atoms with van der Waals surface area (Å²) >= 11 is 0. The van der Waals surface area contributed by atoms with E-state index in [1.165, 1.54) is 12.5 Å². The number of hydrogen-bond acceptors (Lipinski definition) is 3. The Balaban J connectivity index is 1.41. The molecule has 0 spiro atoms. The Kier molecular flexibility index (Phi) is 5.35. The highest BCUT2D eigenvalue weighted by Gasteiger charge is 2.49. The second-order valence-electron chi connectivity index (χ2n) is 9.24. The van der Waals surface area contributed by atoms with Gasteiger partial charge in [0.15, 0.2) is 0 Å². The fraction of sp³-hybridized carbons (Fsp3) is 0.583. The van der Waals surface area contributed by atoms with Gasteiger partial charge in [0.1, 0.15) is 11.6 Å². The average molecular weight is 411 g/mol. The summed E-state index contributed by atoms with van der Waals surface area (Å²) in [6.45, 7) is 5.96. The Labute approximate surface area is 177 Å². The van der Waals surface area contributed by atoms with Crippen molar-refractivity contribution in [2.45, 2.75) is 64.2 Å². The lowest BCUT2D eigenvalue weighted by atomic mass is 9.71. The summed E-state index contributed by atoms with van der Waals surface area (Å²) in [7, 11) is 0. The molecule has 1 aromatic heterocycles. The van der Waals surface area contributed by atoms with Crippen molar-refractivity contribution in [3.8, 4) is 0 Å². The Morgan fingerprint density at radius 3 is 2.93 bits per heavy atom. The molecule has 0 saturated carbocycles. The van der Waals surface area contributed by atoms with E-state index in [9.17, 15) is 9.18 Å². The fourth-order valence-corrected chi connectivity index (χ4v) is 6.15. The molecule has 3 aliphatic rings. The monoisotopic (exact) mass is 410 g/mol. The smallest absolute Gasteiger partial charge is 0.223 e. The number of halogens is 1. The minimum absolute atomic E-state index is 0.162. The van der Waals surface area contributed by atoms with Crippen molar-refractivity contribution in [3.05, 3.63) is 53.9 Å². The molecule has 6 heteroatoms. The van der Waals surface area contributed by atoms with Crippen LogP contribution in [0.5, 0.6) is 0 Å². The van der Waals surface area contributed by atoms with Crippen molar-refractivity contribution in [2.75, 3.05) is 13.1 Å². The van der Waals surface area contributed by atoms with E-state index < -0.39 is 0 Å². The van der Waals surface area contributed by atoms with Gasteiger partial charge in [0, 0.05) is 50.5 Å². The first-order chi connectivity index (χ1) is 14.6. The van der Waals surface area contributed by atoms with Crippen LogP contribution < -0.4 is 0 Å². The Morgan fingerprint density at radius 2 is 2.10 bits per heavy atom. The number of likely N-dealkylation sites (tertiary alicyclic amines) is 1. The van der Waals surface area contributed by atoms with Gasteiger partial charge in [-0.1, -0.05) is 12.1 Å². The zero-order valence-corrected chi connectivity index (χ0v) is 17.7. The normalized spacial score (nSPS) is 29.1. The molecule has 3 saturated heterocycles. The van der Waals surface area contributed by atoms with Gasteiger partial charge in [-0.3, -0.25) is 9.69 Å². The van der Waals surface area contributed by atoms with Crippen LogP contribution >= 0.6 is 0 Å². The highest BCUT2D eigenvalue weighted by atomic mass is 19.1. The molecule has 5 nitrogen and oxygen atoms in total. The number of aryl methyl sites for hydroxylation is 1. The van der Waals surface area contributed by atoms with E-state index in [0.717, 1.165) is 56.8 Å². The molecule has 2 aromatic rings. The predicted octanol–water partition coefficient (Wildman–Crippen LogP) is 3.49. The maximum absolute atomic E-state index is 13.8. The second-order valence-corrected chi connectivity index (χ2v) is 9.24. The minimum Gasteiger partial charge on any atom is -0.336 e. The van der Waals surface area contributed by atoms with E-state index in [0.29, 0.717) is 30.2 Å². The number of imidazole rings is 1. The van der Waals surface area contributed by atoms with E-state index in [2.05, 4.69) is 32.5 Å². The van der Waals surface area contributed by atoms with Gasteiger partial charge >= 0.3 is 0 Å². The van der Waals surface area contributed by atoms with Crippen LogP contribution in [0.4, 0.5) is 4.39 Å². The van der Waals surface area contributed by atoms with Crippen molar-refractivity contribution in [3.63, 3.8) is 0 Å². The van der Waals surface area contributed by atoms with Crippen LogP contribution in [0.2, 0.25) is 0 Å². The average Bonchev–Trinajstić information content (AvgIpc) is 3.18. The van der Waals surface area contributed by atoms with Crippen LogP contribution in [-0.4, -0.2) is 50.4 Å². The van der Waals surface area contributed by atoms with E-state index in [1.54, 1.807) is 12.1 Å². The molecule has 3 aliphatic heterocycles. The number of amides is 1. The highest BCUT2D eigenvalue weighted by Crippen LogP contribution is 2.42. The van der Waals surface area contributed by atoms with Crippen LogP contribution in [0.25, 0.3) is 0 Å². The summed E-state index contributed by atoms with van der Waals surface area (Å²) in [4.78, 5) is 22.3. The second kappa shape index (κ2) is 8.14. The van der Waals surface area contributed by atoms with E-state index in [1.807, 2.05) is 12.3 Å². The van der Waals surface area contributed by atoms with Crippen LogP contribution in [-0.2, 0) is 24.3 Å². The first-order valence-electron chi connectivity index (χ1n) is 11.4. The maximum atomic E-state index is 13.8. The summed E-state index contributed by atoms with van der Waals surface area (Å²) in [5.41, 5.74) is 0.995. The Bertz CT molecular complexity index is 912. The zero-order valence-electron chi connectivity index (χ0n) is 17.7. The summed E-state index contributed by atoms with van der Waals surface area (Å²) in [5.74, 6) is 2.18. The largest absolute Gasteiger partial charge is 0.336 e. The molecule has 0 unspecified atom stereocenters. The first-order valence-corrected chi connectivity index (χ1v) is 11.4. The number of carbonyl (C=O) groups excluding carboxylic acids is 1. The number of aromatic nitrogens is 2. The zero-order chi connectivity index (χ0) is 20.7. The summed E-state index contributed by atoms with van der Waals surface area (Å²) in [5, 5.41) is 0. The van der Waals surface area contributed by atoms with Crippen molar-refractivity contribution in [1.82, 2.24) is 19.4 Å². The van der Waals surface area contributed by atoms with E-state index in [-0.39, 0.29) is 11.9 Å². The number of piperidine rings is 3. The molecule has 4 atom stereocenters. The number of nitrogens with zero attached hydrogens (tertiary/aromatic N) is 4. The maximum Gasteiger partial charge on any atom is 0.223 e. The molecule has 5 rings (SSSR count). The summed E-state index contributed by atoms with van der Waals surface area (Å²) < 4.78 is 16.0. The SMILES string of the molecule is CCn1ccnc1CN1C[C@H]2C[C@@H](C1)[C@H](Cc1cccc(F)c1)N1C(=O)CCC[C@@H]21. The molecule has 2 bridgehead atoms. The van der Waals surface area contributed by atoms with Crippen LogP contribution in [0.15, 0.2) is 36.7 Å². The minimum atomic E-state index is -0.195. The van der Waals surface area contributed by atoms with Gasteiger partial charge in [-0.15, -0.1) is 0 Å². The third-order valence-corrected chi connectivity index (χ3v) is 7.41. The van der Waals surface area contributed by atoms with Crippen molar-refractivity contribution in [1.29, 1.82) is 0 Å². The van der Waals surface area contributed by atoms with Crippen molar-refractivity contribution >= 4 is 5.91 Å². The van der Waals surface area contributed by atoms with Gasteiger partial charge in [0.2, 0.25) is 5.91 Å². The summed E-state index contributed by atoms with van der Waals surface area (Å²) in [6.07, 6.45) is 8.61. The number of carbonyl (C=O) groups is 1. The van der Waals surface area contributed by atoms with Crippen LogP contribution in [0.3, 0.4) is 0 Å². The number of benzene rings is 1. The third kappa shape index (κ3) is 3.66. The first kappa shape index (κ1) is 19.7.